The molecular weight excluding hydrogens is 262 g/mol. The molecule has 4 atom stereocenters. The third kappa shape index (κ3) is 2.36. The monoisotopic (exact) mass is 293 g/mol. The van der Waals surface area contributed by atoms with E-state index < -0.39 is 0 Å². The quantitative estimate of drug-likeness (QED) is 0.628. The van der Waals surface area contributed by atoms with E-state index >= 15 is 0 Å². The van der Waals surface area contributed by atoms with Gasteiger partial charge in [0.05, 0.1) is 6.10 Å². The van der Waals surface area contributed by atoms with Gasteiger partial charge in [0.25, 0.3) is 0 Å². The number of likely N-dealkylation sites (tertiary alicyclic amines) is 1. The van der Waals surface area contributed by atoms with Gasteiger partial charge in [-0.05, 0) is 24.7 Å². The second-order valence-electron chi connectivity index (χ2n) is 8.07. The Labute approximate surface area is 129 Å². The van der Waals surface area contributed by atoms with Crippen molar-refractivity contribution >= 4 is 5.96 Å². The summed E-state index contributed by atoms with van der Waals surface area (Å²) in [7, 11) is 1.91. The van der Waals surface area contributed by atoms with Gasteiger partial charge in [-0.3, -0.25) is 4.99 Å². The normalized spacial score (nSPS) is 41.9. The summed E-state index contributed by atoms with van der Waals surface area (Å²) in [4.78, 5) is 7.01. The molecule has 2 aliphatic heterocycles. The molecule has 0 amide bonds. The summed E-state index contributed by atoms with van der Waals surface area (Å²) >= 11 is 0. The third-order valence-electron chi connectivity index (χ3n) is 6.31. The zero-order valence-electron chi connectivity index (χ0n) is 14.3. The van der Waals surface area contributed by atoms with E-state index in [1.54, 1.807) is 0 Å². The van der Waals surface area contributed by atoms with Gasteiger partial charge in [0.1, 0.15) is 0 Å². The molecule has 2 heterocycles. The minimum atomic E-state index is 0.213. The molecule has 3 aliphatic rings. The molecule has 0 aromatic carbocycles. The first-order valence-corrected chi connectivity index (χ1v) is 8.51. The summed E-state index contributed by atoms with van der Waals surface area (Å²) in [6.07, 6.45) is 4.14. The minimum Gasteiger partial charge on any atom is -0.377 e. The Morgan fingerprint density at radius 1 is 1.38 bits per heavy atom. The predicted molar refractivity (Wildman–Crippen MR) is 86.5 cm³/mol. The average Bonchev–Trinajstić information content (AvgIpc) is 3.06. The summed E-state index contributed by atoms with van der Waals surface area (Å²) in [5, 5.41) is 3.76. The second kappa shape index (κ2) is 5.15. The van der Waals surface area contributed by atoms with Crippen molar-refractivity contribution in [3.8, 4) is 0 Å². The molecule has 3 fully saturated rings. The van der Waals surface area contributed by atoms with E-state index in [0.717, 1.165) is 25.7 Å². The van der Waals surface area contributed by atoms with Gasteiger partial charge in [0.15, 0.2) is 5.96 Å². The van der Waals surface area contributed by atoms with Gasteiger partial charge >= 0.3 is 0 Å². The summed E-state index contributed by atoms with van der Waals surface area (Å²) in [5.41, 5.74) is 0.663. The van der Waals surface area contributed by atoms with Crippen LogP contribution in [0.1, 0.15) is 47.0 Å². The smallest absolute Gasteiger partial charge is 0.193 e. The first-order chi connectivity index (χ1) is 9.91. The van der Waals surface area contributed by atoms with Crippen LogP contribution >= 0.6 is 0 Å². The highest BCUT2D eigenvalue weighted by atomic mass is 16.5. The van der Waals surface area contributed by atoms with Crippen LogP contribution in [0.3, 0.4) is 0 Å². The fourth-order valence-electron chi connectivity index (χ4n) is 4.55. The molecule has 2 saturated heterocycles. The van der Waals surface area contributed by atoms with Crippen LogP contribution in [-0.2, 0) is 4.74 Å². The molecule has 1 saturated carbocycles. The van der Waals surface area contributed by atoms with Crippen LogP contribution in [0.5, 0.6) is 0 Å². The maximum absolute atomic E-state index is 5.90. The highest BCUT2D eigenvalue weighted by Crippen LogP contribution is 2.52. The molecule has 4 nitrogen and oxygen atoms in total. The first kappa shape index (κ1) is 15.1. The molecule has 120 valence electrons. The number of fused-ring (bicyclic) bond motifs is 1. The van der Waals surface area contributed by atoms with Gasteiger partial charge in [-0.2, -0.15) is 0 Å². The average molecular weight is 293 g/mol. The van der Waals surface area contributed by atoms with Crippen molar-refractivity contribution in [2.24, 2.45) is 21.7 Å². The maximum Gasteiger partial charge on any atom is 0.193 e. The van der Waals surface area contributed by atoms with E-state index in [4.69, 9.17) is 4.74 Å². The Hall–Kier alpha value is -0.770. The topological polar surface area (TPSA) is 36.9 Å². The van der Waals surface area contributed by atoms with Crippen molar-refractivity contribution in [3.05, 3.63) is 0 Å². The lowest BCUT2D eigenvalue weighted by atomic mass is 9.57. The summed E-state index contributed by atoms with van der Waals surface area (Å²) in [6, 6.07) is 0.497. The van der Waals surface area contributed by atoms with Crippen molar-refractivity contribution in [2.45, 2.75) is 59.1 Å². The molecule has 4 heteroatoms. The van der Waals surface area contributed by atoms with Crippen LogP contribution in [0.25, 0.3) is 0 Å². The zero-order valence-corrected chi connectivity index (χ0v) is 14.3. The number of aliphatic imine (C=N–C) groups is 1. The molecule has 0 aromatic heterocycles. The van der Waals surface area contributed by atoms with Crippen molar-refractivity contribution in [1.82, 2.24) is 10.2 Å². The van der Waals surface area contributed by atoms with Crippen LogP contribution in [0.2, 0.25) is 0 Å². The Morgan fingerprint density at radius 2 is 2.14 bits per heavy atom. The van der Waals surface area contributed by atoms with Crippen LogP contribution in [-0.4, -0.2) is 49.7 Å². The van der Waals surface area contributed by atoms with Crippen molar-refractivity contribution < 1.29 is 4.74 Å². The number of rotatable bonds is 2. The lowest BCUT2D eigenvalue weighted by molar-refractivity contribution is -0.107. The van der Waals surface area contributed by atoms with Crippen LogP contribution in [0, 0.1) is 16.7 Å². The molecule has 3 rings (SSSR count). The van der Waals surface area contributed by atoms with Crippen LogP contribution in [0.15, 0.2) is 4.99 Å². The molecule has 0 spiro atoms. The molecular formula is C17H31N3O. The highest BCUT2D eigenvalue weighted by molar-refractivity contribution is 5.81. The van der Waals surface area contributed by atoms with Crippen LogP contribution < -0.4 is 5.32 Å². The second-order valence-corrected chi connectivity index (χ2v) is 8.07. The van der Waals surface area contributed by atoms with Gasteiger partial charge < -0.3 is 15.0 Å². The fourth-order valence-corrected chi connectivity index (χ4v) is 4.55. The van der Waals surface area contributed by atoms with Gasteiger partial charge in [-0.25, -0.2) is 0 Å². The van der Waals surface area contributed by atoms with Crippen molar-refractivity contribution in [2.75, 3.05) is 26.7 Å². The molecule has 21 heavy (non-hydrogen) atoms. The largest absolute Gasteiger partial charge is 0.377 e. The number of hydrogen-bond donors (Lipinski definition) is 1. The number of nitrogens with one attached hydrogen (secondary N) is 1. The van der Waals surface area contributed by atoms with Gasteiger partial charge in [-0.15, -0.1) is 0 Å². The van der Waals surface area contributed by atoms with E-state index in [0.29, 0.717) is 23.5 Å². The summed E-state index contributed by atoms with van der Waals surface area (Å²) in [5.74, 6) is 1.76. The number of ether oxygens (including phenoxy) is 1. The zero-order chi connectivity index (χ0) is 15.3. The first-order valence-electron chi connectivity index (χ1n) is 8.51. The van der Waals surface area contributed by atoms with Gasteiger partial charge in [0.2, 0.25) is 0 Å². The Balaban J connectivity index is 1.66. The van der Waals surface area contributed by atoms with Gasteiger partial charge in [0, 0.05) is 44.1 Å². The molecule has 0 aromatic rings. The van der Waals surface area contributed by atoms with E-state index in [-0.39, 0.29) is 5.41 Å². The Bertz CT molecular complexity index is 434. The Morgan fingerprint density at radius 3 is 2.76 bits per heavy atom. The lowest BCUT2D eigenvalue weighted by Gasteiger charge is -2.55. The number of guanidine groups is 1. The summed E-state index contributed by atoms with van der Waals surface area (Å²) in [6.45, 7) is 12.5. The molecule has 1 aliphatic carbocycles. The highest BCUT2D eigenvalue weighted by Gasteiger charge is 2.59. The minimum absolute atomic E-state index is 0.213. The predicted octanol–water partition coefficient (Wildman–Crippen LogP) is 2.50. The molecule has 0 radical (unpaired) electrons. The fraction of sp³-hybridized carbons (Fsp3) is 0.941. The summed E-state index contributed by atoms with van der Waals surface area (Å²) < 4.78 is 5.90. The standard InChI is InChI=1S/C17H31N3O/c1-6-17(4)8-9-20(11-17)15(18-5)19-13-12-7-10-21-14(12)16(13,2)3/h12-14H,6-11H2,1-5H3,(H,18,19). The maximum atomic E-state index is 5.90. The van der Waals surface area contributed by atoms with Crippen LogP contribution in [0.4, 0.5) is 0 Å². The van der Waals surface area contributed by atoms with E-state index in [1.165, 1.54) is 19.3 Å². The van der Waals surface area contributed by atoms with E-state index in [2.05, 4.69) is 42.9 Å². The molecule has 4 unspecified atom stereocenters. The van der Waals surface area contributed by atoms with E-state index in [1.807, 2.05) is 7.05 Å². The Kier molecular flexibility index (Phi) is 3.71. The third-order valence-corrected chi connectivity index (χ3v) is 6.31. The molecule has 1 N–H and O–H groups in total. The van der Waals surface area contributed by atoms with Crippen molar-refractivity contribution in [1.29, 1.82) is 0 Å². The number of hydrogen-bond acceptors (Lipinski definition) is 2. The van der Waals surface area contributed by atoms with Gasteiger partial charge in [-0.1, -0.05) is 27.7 Å². The van der Waals surface area contributed by atoms with Crippen molar-refractivity contribution in [3.63, 3.8) is 0 Å². The SMILES string of the molecule is CCC1(C)CCN(C(=NC)NC2C3CCOC3C2(C)C)C1. The van der Waals surface area contributed by atoms with E-state index in [9.17, 15) is 0 Å². The lowest BCUT2D eigenvalue weighted by Crippen LogP contribution is -2.68. The number of nitrogens with zero attached hydrogens (tertiary/aromatic N) is 2. The molecule has 0 bridgehead atoms.